The summed E-state index contributed by atoms with van der Waals surface area (Å²) in [6.07, 6.45) is 0. The Morgan fingerprint density at radius 1 is 1.03 bits per heavy atom. The summed E-state index contributed by atoms with van der Waals surface area (Å²) >= 11 is 0. The number of Topliss-reactive ketones (excluding diaryl/α,β-unsaturated/α-hetero) is 1. The molecule has 0 fully saturated rings. The average Bonchev–Trinajstić information content (AvgIpc) is 3.01. The number of rotatable bonds is 7. The number of nitrogens with zero attached hydrogens (tertiary/aromatic N) is 2. The summed E-state index contributed by atoms with van der Waals surface area (Å²) < 4.78 is 0. The first-order valence-electron chi connectivity index (χ1n) is 11.7. The highest BCUT2D eigenvalue weighted by atomic mass is 16.3. The third-order valence-corrected chi connectivity index (χ3v) is 6.41. The Bertz CT molecular complexity index is 1070. The molecule has 176 valence electrons. The molecule has 1 unspecified atom stereocenters. The first-order chi connectivity index (χ1) is 15.5. The molecule has 0 spiro atoms. The zero-order valence-corrected chi connectivity index (χ0v) is 20.9. The zero-order valence-electron chi connectivity index (χ0n) is 20.9. The van der Waals surface area contributed by atoms with E-state index in [1.165, 1.54) is 0 Å². The fourth-order valence-electron chi connectivity index (χ4n) is 4.41. The standard InChI is InChI=1S/C28H36N2O3/c1-8-29(9-2)22-14-12-20(13-15-22)24-23(26(32)28(5,6)7)25(31)27(33)30(24)17-21-16-18(3)10-11-19(21)4/h10-16,24,31H,8-9,17H2,1-7H3. The number of aliphatic hydroxyl groups is 1. The van der Waals surface area contributed by atoms with Crippen LogP contribution in [0.2, 0.25) is 0 Å². The summed E-state index contributed by atoms with van der Waals surface area (Å²) in [6, 6.07) is 13.5. The molecule has 1 N–H and O–H groups in total. The second-order valence-corrected chi connectivity index (χ2v) is 9.87. The van der Waals surface area contributed by atoms with E-state index in [0.29, 0.717) is 6.54 Å². The molecule has 0 aromatic heterocycles. The molecule has 1 heterocycles. The van der Waals surface area contributed by atoms with E-state index >= 15 is 0 Å². The van der Waals surface area contributed by atoms with E-state index in [1.807, 2.05) is 71.0 Å². The van der Waals surface area contributed by atoms with Crippen molar-refractivity contribution in [3.63, 3.8) is 0 Å². The molecule has 5 nitrogen and oxygen atoms in total. The fraction of sp³-hybridized carbons (Fsp3) is 0.429. The third-order valence-electron chi connectivity index (χ3n) is 6.41. The van der Waals surface area contributed by atoms with E-state index in [0.717, 1.165) is 41.0 Å². The largest absolute Gasteiger partial charge is 0.503 e. The van der Waals surface area contributed by atoms with Crippen LogP contribution < -0.4 is 4.90 Å². The van der Waals surface area contributed by atoms with Crippen molar-refractivity contribution in [2.24, 2.45) is 5.41 Å². The molecule has 5 heteroatoms. The van der Waals surface area contributed by atoms with Gasteiger partial charge < -0.3 is 14.9 Å². The van der Waals surface area contributed by atoms with Crippen molar-refractivity contribution in [1.29, 1.82) is 0 Å². The van der Waals surface area contributed by atoms with E-state index in [9.17, 15) is 14.7 Å². The summed E-state index contributed by atoms with van der Waals surface area (Å²) in [5.74, 6) is -1.14. The Labute approximate surface area is 197 Å². The molecule has 33 heavy (non-hydrogen) atoms. The van der Waals surface area contributed by atoms with Gasteiger partial charge in [-0.2, -0.15) is 0 Å². The highest BCUT2D eigenvalue weighted by Crippen LogP contribution is 2.42. The predicted molar refractivity (Wildman–Crippen MR) is 133 cm³/mol. The smallest absolute Gasteiger partial charge is 0.290 e. The Kier molecular flexibility index (Phi) is 7.01. The molecule has 0 bridgehead atoms. The normalized spacial score (nSPS) is 16.5. The molecule has 3 rings (SSSR count). The maximum absolute atomic E-state index is 13.4. The van der Waals surface area contributed by atoms with Gasteiger partial charge in [0.05, 0.1) is 11.6 Å². The molecule has 1 amide bonds. The maximum Gasteiger partial charge on any atom is 0.290 e. The highest BCUT2D eigenvalue weighted by Gasteiger charge is 2.46. The SMILES string of the molecule is CCN(CC)c1ccc(C2C(C(=O)C(C)(C)C)=C(O)C(=O)N2Cc2cc(C)ccc2C)cc1. The lowest BCUT2D eigenvalue weighted by atomic mass is 9.82. The minimum absolute atomic E-state index is 0.188. The van der Waals surface area contributed by atoms with Crippen LogP contribution in [-0.2, 0) is 16.1 Å². The van der Waals surface area contributed by atoms with Gasteiger partial charge in [0.25, 0.3) is 5.91 Å². The van der Waals surface area contributed by atoms with Gasteiger partial charge >= 0.3 is 0 Å². The number of hydrogen-bond acceptors (Lipinski definition) is 4. The van der Waals surface area contributed by atoms with E-state index in [2.05, 4.69) is 24.8 Å². The molecule has 0 radical (unpaired) electrons. The van der Waals surface area contributed by atoms with E-state index in [-0.39, 0.29) is 11.4 Å². The molecule has 0 saturated heterocycles. The predicted octanol–water partition coefficient (Wildman–Crippen LogP) is 5.66. The number of amides is 1. The number of ketones is 1. The van der Waals surface area contributed by atoms with Crippen LogP contribution >= 0.6 is 0 Å². The van der Waals surface area contributed by atoms with Crippen molar-refractivity contribution in [1.82, 2.24) is 4.90 Å². The van der Waals surface area contributed by atoms with Gasteiger partial charge in [0.2, 0.25) is 0 Å². The first kappa shape index (κ1) is 24.6. The van der Waals surface area contributed by atoms with Gasteiger partial charge in [0, 0.05) is 30.7 Å². The number of benzene rings is 2. The molecule has 2 aromatic carbocycles. The van der Waals surface area contributed by atoms with E-state index < -0.39 is 23.1 Å². The van der Waals surface area contributed by atoms with Gasteiger partial charge in [-0.3, -0.25) is 9.59 Å². The average molecular weight is 449 g/mol. The minimum atomic E-state index is -0.724. The zero-order chi connectivity index (χ0) is 24.5. The lowest BCUT2D eigenvalue weighted by molar-refractivity contribution is -0.130. The Balaban J connectivity index is 2.10. The first-order valence-corrected chi connectivity index (χ1v) is 11.7. The van der Waals surface area contributed by atoms with E-state index in [1.54, 1.807) is 4.90 Å². The quantitative estimate of drug-likeness (QED) is 0.594. The summed E-state index contributed by atoms with van der Waals surface area (Å²) in [7, 11) is 0. The number of aliphatic hydroxyl groups excluding tert-OH is 1. The lowest BCUT2D eigenvalue weighted by Gasteiger charge is -2.30. The van der Waals surface area contributed by atoms with Crippen LogP contribution in [0.5, 0.6) is 0 Å². The number of carbonyl (C=O) groups excluding carboxylic acids is 2. The fourth-order valence-corrected chi connectivity index (χ4v) is 4.41. The van der Waals surface area contributed by atoms with Gasteiger partial charge in [-0.1, -0.05) is 56.7 Å². The van der Waals surface area contributed by atoms with Gasteiger partial charge in [-0.25, -0.2) is 0 Å². The maximum atomic E-state index is 13.4. The molecular weight excluding hydrogens is 412 g/mol. The van der Waals surface area contributed by atoms with Gasteiger partial charge in [0.1, 0.15) is 0 Å². The van der Waals surface area contributed by atoms with Crippen molar-refractivity contribution in [3.8, 4) is 0 Å². The van der Waals surface area contributed by atoms with Crippen molar-refractivity contribution in [3.05, 3.63) is 76.1 Å². The number of anilines is 1. The highest BCUT2D eigenvalue weighted by molar-refractivity contribution is 6.10. The molecule has 1 aliphatic rings. The summed E-state index contributed by atoms with van der Waals surface area (Å²) in [5, 5.41) is 10.9. The molecule has 1 aliphatic heterocycles. The topological polar surface area (TPSA) is 60.9 Å². The third kappa shape index (κ3) is 4.82. The van der Waals surface area contributed by atoms with Crippen molar-refractivity contribution in [2.75, 3.05) is 18.0 Å². The molecule has 0 saturated carbocycles. The monoisotopic (exact) mass is 448 g/mol. The number of aryl methyl sites for hydroxylation is 2. The Hall–Kier alpha value is -3.08. The minimum Gasteiger partial charge on any atom is -0.503 e. The van der Waals surface area contributed by atoms with Crippen molar-refractivity contribution < 1.29 is 14.7 Å². The summed E-state index contributed by atoms with van der Waals surface area (Å²) in [4.78, 5) is 30.5. The summed E-state index contributed by atoms with van der Waals surface area (Å²) in [6.45, 7) is 15.8. The molecular formula is C28H36N2O3. The Morgan fingerprint density at radius 3 is 2.18 bits per heavy atom. The van der Waals surface area contributed by atoms with Crippen LogP contribution in [0, 0.1) is 19.3 Å². The summed E-state index contributed by atoms with van der Waals surface area (Å²) in [5.41, 5.74) is 4.55. The molecule has 0 aliphatic carbocycles. The van der Waals surface area contributed by atoms with E-state index in [4.69, 9.17) is 0 Å². The lowest BCUT2D eigenvalue weighted by Crippen LogP contribution is -2.32. The second kappa shape index (κ2) is 9.42. The van der Waals surface area contributed by atoms with Gasteiger partial charge in [-0.05, 0) is 56.5 Å². The van der Waals surface area contributed by atoms with Crippen LogP contribution in [0.15, 0.2) is 53.8 Å². The van der Waals surface area contributed by atoms with Gasteiger partial charge in [0.15, 0.2) is 11.5 Å². The molecule has 1 atom stereocenters. The van der Waals surface area contributed by atoms with Crippen molar-refractivity contribution in [2.45, 2.75) is 61.1 Å². The second-order valence-electron chi connectivity index (χ2n) is 9.87. The van der Waals surface area contributed by atoms with Gasteiger partial charge in [-0.15, -0.1) is 0 Å². The molecule has 2 aromatic rings. The number of carbonyl (C=O) groups is 2. The van der Waals surface area contributed by atoms with Crippen LogP contribution in [0.3, 0.4) is 0 Å². The van der Waals surface area contributed by atoms with Crippen LogP contribution in [0.4, 0.5) is 5.69 Å². The Morgan fingerprint density at radius 2 is 1.64 bits per heavy atom. The van der Waals surface area contributed by atoms with Crippen LogP contribution in [-0.4, -0.2) is 34.8 Å². The van der Waals surface area contributed by atoms with Crippen molar-refractivity contribution >= 4 is 17.4 Å². The van der Waals surface area contributed by atoms with Crippen LogP contribution in [0.25, 0.3) is 0 Å². The number of hydrogen-bond donors (Lipinski definition) is 1. The van der Waals surface area contributed by atoms with Crippen LogP contribution in [0.1, 0.15) is 62.9 Å².